The number of hydrogen-bond donors (Lipinski definition) is 1. The Kier molecular flexibility index (Phi) is 6.69. The second-order valence-corrected chi connectivity index (χ2v) is 9.70. The van der Waals surface area contributed by atoms with Crippen LogP contribution in [-0.4, -0.2) is 44.9 Å². The number of morpholine rings is 1. The van der Waals surface area contributed by atoms with Gasteiger partial charge >= 0.3 is 0 Å². The third kappa shape index (κ3) is 4.91. The van der Waals surface area contributed by atoms with Crippen LogP contribution in [0, 0.1) is 6.92 Å². The first-order valence-corrected chi connectivity index (χ1v) is 12.0. The summed E-state index contributed by atoms with van der Waals surface area (Å²) in [5.41, 5.74) is 3.87. The van der Waals surface area contributed by atoms with Crippen molar-refractivity contribution in [2.24, 2.45) is 0 Å². The number of sulfonamides is 1. The lowest BCUT2D eigenvalue weighted by Gasteiger charge is -2.26. The highest BCUT2D eigenvalue weighted by molar-refractivity contribution is 7.89. The van der Waals surface area contributed by atoms with E-state index in [2.05, 4.69) is 5.32 Å². The van der Waals surface area contributed by atoms with Gasteiger partial charge in [0.2, 0.25) is 10.0 Å². The van der Waals surface area contributed by atoms with Gasteiger partial charge in [0.05, 0.1) is 18.1 Å². The third-order valence-corrected chi connectivity index (χ3v) is 7.46. The van der Waals surface area contributed by atoms with Crippen LogP contribution in [0.4, 0.5) is 5.69 Å². The first-order chi connectivity index (χ1) is 15.4. The summed E-state index contributed by atoms with van der Waals surface area (Å²) >= 11 is 0. The average Bonchev–Trinajstić information content (AvgIpc) is 2.82. The quantitative estimate of drug-likeness (QED) is 0.619. The molecule has 0 bridgehead atoms. The minimum atomic E-state index is -3.65. The second-order valence-electron chi connectivity index (χ2n) is 7.77. The zero-order chi connectivity index (χ0) is 22.6. The van der Waals surface area contributed by atoms with Gasteiger partial charge in [-0.25, -0.2) is 8.42 Å². The summed E-state index contributed by atoms with van der Waals surface area (Å²) in [7, 11) is -3.65. The Balaban J connectivity index is 1.58. The van der Waals surface area contributed by atoms with E-state index in [0.717, 1.165) is 16.7 Å². The van der Waals surface area contributed by atoms with Gasteiger partial charge in [-0.3, -0.25) is 4.79 Å². The van der Waals surface area contributed by atoms with Gasteiger partial charge in [-0.05, 0) is 48.2 Å². The molecule has 0 aliphatic carbocycles. The molecule has 3 aromatic carbocycles. The fourth-order valence-electron chi connectivity index (χ4n) is 3.73. The molecule has 0 aromatic heterocycles. The summed E-state index contributed by atoms with van der Waals surface area (Å²) in [4.78, 5) is 13.3. The molecule has 1 aliphatic heterocycles. The van der Waals surface area contributed by atoms with Gasteiger partial charge in [-0.15, -0.1) is 0 Å². The predicted molar refractivity (Wildman–Crippen MR) is 124 cm³/mol. The van der Waals surface area contributed by atoms with Crippen molar-refractivity contribution in [3.05, 3.63) is 95.1 Å². The van der Waals surface area contributed by atoms with Crippen molar-refractivity contribution in [3.8, 4) is 0 Å². The Hall–Kier alpha value is -3.00. The molecule has 1 heterocycles. The Morgan fingerprint density at radius 1 is 0.969 bits per heavy atom. The Labute approximate surface area is 188 Å². The van der Waals surface area contributed by atoms with E-state index >= 15 is 0 Å². The molecule has 1 aliphatic rings. The number of ether oxygens (including phenoxy) is 1. The van der Waals surface area contributed by atoms with Crippen molar-refractivity contribution in [1.82, 2.24) is 4.31 Å². The van der Waals surface area contributed by atoms with Crippen molar-refractivity contribution >= 4 is 21.6 Å². The van der Waals surface area contributed by atoms with Gasteiger partial charge in [0.1, 0.15) is 0 Å². The van der Waals surface area contributed by atoms with E-state index < -0.39 is 10.0 Å². The van der Waals surface area contributed by atoms with E-state index in [-0.39, 0.29) is 10.8 Å². The number of amides is 1. The molecule has 0 spiro atoms. The van der Waals surface area contributed by atoms with Crippen LogP contribution in [0.3, 0.4) is 0 Å². The first-order valence-electron chi connectivity index (χ1n) is 10.6. The molecule has 32 heavy (non-hydrogen) atoms. The lowest BCUT2D eigenvalue weighted by atomic mass is 9.99. The maximum atomic E-state index is 13.2. The van der Waals surface area contributed by atoms with Crippen molar-refractivity contribution in [3.63, 3.8) is 0 Å². The summed E-state index contributed by atoms with van der Waals surface area (Å²) in [6.07, 6.45) is 0.634. The van der Waals surface area contributed by atoms with Crippen molar-refractivity contribution in [2.75, 3.05) is 31.6 Å². The SMILES string of the molecule is Cc1ccc(S(=O)(=O)N2CCOCC2)cc1NC(=O)c1ccccc1Cc1ccccc1. The zero-order valence-corrected chi connectivity index (χ0v) is 18.8. The van der Waals surface area contributed by atoms with E-state index in [1.54, 1.807) is 18.2 Å². The number of carbonyl (C=O) groups excluding carboxylic acids is 1. The maximum absolute atomic E-state index is 13.2. The van der Waals surface area contributed by atoms with Crippen LogP contribution in [0.25, 0.3) is 0 Å². The van der Waals surface area contributed by atoms with Gasteiger partial charge in [-0.1, -0.05) is 54.6 Å². The number of nitrogens with one attached hydrogen (secondary N) is 1. The van der Waals surface area contributed by atoms with Gasteiger partial charge in [-0.2, -0.15) is 4.31 Å². The first kappa shape index (κ1) is 22.2. The predicted octanol–water partition coefficient (Wildman–Crippen LogP) is 3.86. The maximum Gasteiger partial charge on any atom is 0.255 e. The summed E-state index contributed by atoms with van der Waals surface area (Å²) in [6.45, 7) is 3.26. The molecule has 7 heteroatoms. The monoisotopic (exact) mass is 450 g/mol. The van der Waals surface area contributed by atoms with Crippen molar-refractivity contribution in [2.45, 2.75) is 18.2 Å². The van der Waals surface area contributed by atoms with Gasteiger partial charge in [0, 0.05) is 24.3 Å². The van der Waals surface area contributed by atoms with Gasteiger partial charge in [0.25, 0.3) is 5.91 Å². The van der Waals surface area contributed by atoms with E-state index in [4.69, 9.17) is 4.74 Å². The summed E-state index contributed by atoms with van der Waals surface area (Å²) in [5, 5.41) is 2.92. The number of benzene rings is 3. The minimum Gasteiger partial charge on any atom is -0.379 e. The fraction of sp³-hybridized carbons (Fsp3) is 0.240. The van der Waals surface area contributed by atoms with Crippen LogP contribution in [0.15, 0.2) is 77.7 Å². The summed E-state index contributed by atoms with van der Waals surface area (Å²) < 4.78 is 32.7. The average molecular weight is 451 g/mol. The third-order valence-electron chi connectivity index (χ3n) is 5.56. The second kappa shape index (κ2) is 9.65. The standard InChI is InChI=1S/C25H26N2O4S/c1-19-11-12-22(32(29,30)27-13-15-31-16-14-27)18-24(19)26-25(28)23-10-6-5-9-21(23)17-20-7-3-2-4-8-20/h2-12,18H,13-17H2,1H3,(H,26,28). The van der Waals surface area contributed by atoms with Crippen LogP contribution >= 0.6 is 0 Å². The van der Waals surface area contributed by atoms with Crippen LogP contribution in [0.1, 0.15) is 27.0 Å². The Morgan fingerprint density at radius 2 is 1.66 bits per heavy atom. The summed E-state index contributed by atoms with van der Waals surface area (Å²) in [5.74, 6) is -0.263. The lowest BCUT2D eigenvalue weighted by Crippen LogP contribution is -2.40. The van der Waals surface area contributed by atoms with Gasteiger partial charge < -0.3 is 10.1 Å². The molecule has 1 saturated heterocycles. The molecular formula is C25H26N2O4S. The lowest BCUT2D eigenvalue weighted by molar-refractivity contribution is 0.0730. The number of carbonyl (C=O) groups is 1. The zero-order valence-electron chi connectivity index (χ0n) is 18.0. The smallest absolute Gasteiger partial charge is 0.255 e. The van der Waals surface area contributed by atoms with Gasteiger partial charge in [0.15, 0.2) is 0 Å². The topological polar surface area (TPSA) is 75.7 Å². The van der Waals surface area contributed by atoms with Crippen molar-refractivity contribution in [1.29, 1.82) is 0 Å². The van der Waals surface area contributed by atoms with Crippen LogP contribution in [0.2, 0.25) is 0 Å². The molecule has 1 fully saturated rings. The Morgan fingerprint density at radius 3 is 2.41 bits per heavy atom. The highest BCUT2D eigenvalue weighted by atomic mass is 32.2. The fourth-order valence-corrected chi connectivity index (χ4v) is 5.17. The highest BCUT2D eigenvalue weighted by Gasteiger charge is 2.27. The molecule has 1 N–H and O–H groups in total. The molecule has 0 radical (unpaired) electrons. The number of rotatable bonds is 6. The molecule has 166 valence electrons. The van der Waals surface area contributed by atoms with E-state index in [9.17, 15) is 13.2 Å². The van der Waals surface area contributed by atoms with E-state index in [0.29, 0.717) is 44.0 Å². The largest absolute Gasteiger partial charge is 0.379 e. The van der Waals surface area contributed by atoms with Crippen LogP contribution in [0.5, 0.6) is 0 Å². The normalized spacial score (nSPS) is 14.8. The highest BCUT2D eigenvalue weighted by Crippen LogP contribution is 2.25. The van der Waals surface area contributed by atoms with Crippen LogP contribution < -0.4 is 5.32 Å². The molecule has 4 rings (SSSR count). The van der Waals surface area contributed by atoms with Crippen LogP contribution in [-0.2, 0) is 21.2 Å². The minimum absolute atomic E-state index is 0.165. The van der Waals surface area contributed by atoms with E-state index in [1.165, 1.54) is 10.4 Å². The molecular weight excluding hydrogens is 424 g/mol. The molecule has 1 amide bonds. The van der Waals surface area contributed by atoms with Crippen molar-refractivity contribution < 1.29 is 17.9 Å². The molecule has 0 atom stereocenters. The molecule has 0 unspecified atom stereocenters. The summed E-state index contributed by atoms with van der Waals surface area (Å²) in [6, 6.07) is 22.3. The molecule has 0 saturated carbocycles. The number of hydrogen-bond acceptors (Lipinski definition) is 4. The Bertz CT molecular complexity index is 1200. The molecule has 6 nitrogen and oxygen atoms in total. The number of nitrogens with zero attached hydrogens (tertiary/aromatic N) is 1. The van der Waals surface area contributed by atoms with E-state index in [1.807, 2.05) is 55.5 Å². The molecule has 3 aromatic rings. The number of aryl methyl sites for hydroxylation is 1. The number of anilines is 1.